The molecule has 4 nitrogen and oxygen atoms in total. The van der Waals surface area contributed by atoms with Crippen LogP contribution in [-0.2, 0) is 13.0 Å². The number of allylic oxidation sites excluding steroid dienone is 1. The van der Waals surface area contributed by atoms with Crippen molar-refractivity contribution in [2.75, 3.05) is 42.1 Å². The highest BCUT2D eigenvalue weighted by atomic mass is 35.5. The Balaban J connectivity index is 1.40. The molecule has 2 aliphatic heterocycles. The van der Waals surface area contributed by atoms with Gasteiger partial charge in [0.2, 0.25) is 0 Å². The molecule has 1 fully saturated rings. The number of nitrogens with zero attached hydrogens (tertiary/aromatic N) is 2. The van der Waals surface area contributed by atoms with E-state index >= 15 is 0 Å². The molecule has 3 N–H and O–H groups in total. The van der Waals surface area contributed by atoms with Gasteiger partial charge in [-0.15, -0.1) is 0 Å². The number of aryl methyl sites for hydroxylation is 1. The molecule has 2 aromatic rings. The number of fused-ring (bicyclic) bond motifs is 1. The molecule has 142 valence electrons. The molecule has 4 rings (SSSR count). The molecular weight excluding hydrogens is 379 g/mol. The van der Waals surface area contributed by atoms with Gasteiger partial charge in [-0.2, -0.15) is 0 Å². The van der Waals surface area contributed by atoms with Gasteiger partial charge in [-0.3, -0.25) is 4.90 Å². The molecular formula is C21H24Cl2N4. The van der Waals surface area contributed by atoms with Gasteiger partial charge in [0.25, 0.3) is 0 Å². The van der Waals surface area contributed by atoms with E-state index in [0.717, 1.165) is 56.9 Å². The summed E-state index contributed by atoms with van der Waals surface area (Å²) in [4.78, 5) is 4.76. The molecule has 6 heteroatoms. The summed E-state index contributed by atoms with van der Waals surface area (Å²) in [6.07, 6.45) is 2.09. The first kappa shape index (κ1) is 18.5. The highest BCUT2D eigenvalue weighted by molar-refractivity contribution is 6.45. The minimum absolute atomic E-state index is 0.444. The van der Waals surface area contributed by atoms with Crippen LogP contribution in [0.2, 0.25) is 10.0 Å². The lowest BCUT2D eigenvalue weighted by Gasteiger charge is -2.36. The normalized spacial score (nSPS) is 17.6. The maximum absolute atomic E-state index is 6.40. The Kier molecular flexibility index (Phi) is 5.22. The SMILES string of the molecule is C=C1CCc2ccc(CN3CCN(c4ccc(N)c(Cl)c4Cl)CC3)cc2N1. The van der Waals surface area contributed by atoms with Gasteiger partial charge in [0.1, 0.15) is 0 Å². The van der Waals surface area contributed by atoms with Crippen LogP contribution in [0.1, 0.15) is 17.5 Å². The average molecular weight is 403 g/mol. The maximum atomic E-state index is 6.40. The van der Waals surface area contributed by atoms with Gasteiger partial charge in [-0.05, 0) is 42.2 Å². The number of halogens is 2. The van der Waals surface area contributed by atoms with Crippen LogP contribution in [-0.4, -0.2) is 31.1 Å². The molecule has 0 amide bonds. The third-order valence-electron chi connectivity index (χ3n) is 5.39. The maximum Gasteiger partial charge on any atom is 0.0846 e. The van der Waals surface area contributed by atoms with Crippen molar-refractivity contribution in [1.82, 2.24) is 4.90 Å². The van der Waals surface area contributed by atoms with Crippen molar-refractivity contribution in [1.29, 1.82) is 0 Å². The van der Waals surface area contributed by atoms with E-state index in [2.05, 4.69) is 39.9 Å². The van der Waals surface area contributed by atoms with Gasteiger partial charge in [-0.1, -0.05) is 41.9 Å². The van der Waals surface area contributed by atoms with Gasteiger partial charge >= 0.3 is 0 Å². The standard InChI is InChI=1S/C21H24Cl2N4/c1-14-2-4-16-5-3-15(12-18(16)25-14)13-26-8-10-27(11-9-26)19-7-6-17(24)20(22)21(19)23/h3,5-7,12,25H,1-2,4,8-11,13,24H2. The highest BCUT2D eigenvalue weighted by Crippen LogP contribution is 2.37. The van der Waals surface area contributed by atoms with Crippen molar-refractivity contribution in [3.05, 3.63) is 63.8 Å². The first-order valence-electron chi connectivity index (χ1n) is 9.28. The van der Waals surface area contributed by atoms with Crippen LogP contribution in [0.5, 0.6) is 0 Å². The molecule has 0 saturated carbocycles. The number of nitrogens with two attached hydrogens (primary N) is 1. The molecule has 0 aliphatic carbocycles. The van der Waals surface area contributed by atoms with Crippen molar-refractivity contribution in [2.24, 2.45) is 0 Å². The summed E-state index contributed by atoms with van der Waals surface area (Å²) in [5.41, 5.74) is 12.3. The van der Waals surface area contributed by atoms with Crippen LogP contribution >= 0.6 is 23.2 Å². The molecule has 1 saturated heterocycles. The number of benzene rings is 2. The van der Waals surface area contributed by atoms with Crippen molar-refractivity contribution >= 4 is 40.3 Å². The Morgan fingerprint density at radius 3 is 2.56 bits per heavy atom. The van der Waals surface area contributed by atoms with Gasteiger partial charge in [0, 0.05) is 44.1 Å². The summed E-state index contributed by atoms with van der Waals surface area (Å²) in [5.74, 6) is 0. The first-order chi connectivity index (χ1) is 13.0. The summed E-state index contributed by atoms with van der Waals surface area (Å²) < 4.78 is 0. The molecule has 0 bridgehead atoms. The zero-order chi connectivity index (χ0) is 19.0. The molecule has 0 radical (unpaired) electrons. The lowest BCUT2D eigenvalue weighted by Crippen LogP contribution is -2.46. The topological polar surface area (TPSA) is 44.5 Å². The lowest BCUT2D eigenvalue weighted by molar-refractivity contribution is 0.250. The smallest absolute Gasteiger partial charge is 0.0846 e. The Labute approximate surface area is 170 Å². The summed E-state index contributed by atoms with van der Waals surface area (Å²) >= 11 is 12.6. The molecule has 0 unspecified atom stereocenters. The highest BCUT2D eigenvalue weighted by Gasteiger charge is 2.21. The minimum Gasteiger partial charge on any atom is -0.397 e. The van der Waals surface area contributed by atoms with Crippen molar-refractivity contribution in [3.8, 4) is 0 Å². The molecule has 27 heavy (non-hydrogen) atoms. The largest absolute Gasteiger partial charge is 0.397 e. The quantitative estimate of drug-likeness (QED) is 0.725. The minimum atomic E-state index is 0.444. The fourth-order valence-electron chi connectivity index (χ4n) is 3.80. The molecule has 2 aliphatic rings. The van der Waals surface area contributed by atoms with Crippen LogP contribution in [0.25, 0.3) is 0 Å². The zero-order valence-corrected chi connectivity index (χ0v) is 16.8. The summed E-state index contributed by atoms with van der Waals surface area (Å²) in [5, 5.41) is 4.42. The number of nitrogen functional groups attached to an aromatic ring is 1. The van der Waals surface area contributed by atoms with E-state index in [1.54, 1.807) is 0 Å². The Bertz CT molecular complexity index is 873. The fourth-order valence-corrected chi connectivity index (χ4v) is 4.25. The third kappa shape index (κ3) is 3.88. The van der Waals surface area contributed by atoms with Crippen molar-refractivity contribution < 1.29 is 0 Å². The van der Waals surface area contributed by atoms with Gasteiger partial charge < -0.3 is 16.0 Å². The van der Waals surface area contributed by atoms with E-state index in [0.29, 0.717) is 15.7 Å². The number of hydrogen-bond acceptors (Lipinski definition) is 4. The average Bonchev–Trinajstić information content (AvgIpc) is 2.67. The number of piperazine rings is 1. The third-order valence-corrected chi connectivity index (χ3v) is 6.28. The second-order valence-corrected chi connectivity index (χ2v) is 8.04. The predicted molar refractivity (Wildman–Crippen MR) is 116 cm³/mol. The van der Waals surface area contributed by atoms with Crippen LogP contribution < -0.4 is 16.0 Å². The van der Waals surface area contributed by atoms with E-state index in [4.69, 9.17) is 28.9 Å². The molecule has 0 spiro atoms. The van der Waals surface area contributed by atoms with Crippen molar-refractivity contribution in [2.45, 2.75) is 19.4 Å². The van der Waals surface area contributed by atoms with Crippen molar-refractivity contribution in [3.63, 3.8) is 0 Å². The van der Waals surface area contributed by atoms with E-state index in [1.807, 2.05) is 12.1 Å². The zero-order valence-electron chi connectivity index (χ0n) is 15.3. The summed E-state index contributed by atoms with van der Waals surface area (Å²) in [6.45, 7) is 8.81. The first-order valence-corrected chi connectivity index (χ1v) is 10.0. The van der Waals surface area contributed by atoms with Gasteiger partial charge in [-0.25, -0.2) is 0 Å². The second kappa shape index (κ2) is 7.63. The van der Waals surface area contributed by atoms with E-state index in [1.165, 1.54) is 16.8 Å². The molecule has 0 aromatic heterocycles. The fraction of sp³-hybridized carbons (Fsp3) is 0.333. The number of hydrogen-bond donors (Lipinski definition) is 2. The molecule has 2 heterocycles. The van der Waals surface area contributed by atoms with Crippen LogP contribution in [0, 0.1) is 0 Å². The van der Waals surface area contributed by atoms with Gasteiger partial charge in [0.05, 0.1) is 21.4 Å². The van der Waals surface area contributed by atoms with Crippen LogP contribution in [0.3, 0.4) is 0 Å². The Morgan fingerprint density at radius 1 is 1.00 bits per heavy atom. The number of nitrogens with one attached hydrogen (secondary N) is 1. The van der Waals surface area contributed by atoms with E-state index < -0.39 is 0 Å². The molecule has 2 aromatic carbocycles. The van der Waals surface area contributed by atoms with Crippen LogP contribution in [0.15, 0.2) is 42.6 Å². The molecule has 0 atom stereocenters. The number of anilines is 3. The van der Waals surface area contributed by atoms with Gasteiger partial charge in [0.15, 0.2) is 0 Å². The summed E-state index contributed by atoms with van der Waals surface area (Å²) in [6, 6.07) is 10.5. The predicted octanol–water partition coefficient (Wildman–Crippen LogP) is 4.77. The Morgan fingerprint density at radius 2 is 1.78 bits per heavy atom. The van der Waals surface area contributed by atoms with E-state index in [-0.39, 0.29) is 0 Å². The van der Waals surface area contributed by atoms with Crippen LogP contribution in [0.4, 0.5) is 17.1 Å². The second-order valence-electron chi connectivity index (χ2n) is 7.29. The summed E-state index contributed by atoms with van der Waals surface area (Å²) in [7, 11) is 0. The Hall–Kier alpha value is -1.88. The number of rotatable bonds is 3. The van der Waals surface area contributed by atoms with E-state index in [9.17, 15) is 0 Å². The lowest BCUT2D eigenvalue weighted by atomic mass is 9.99. The monoisotopic (exact) mass is 402 g/mol.